The number of H-pyrrole nitrogens is 1. The van der Waals surface area contributed by atoms with Gasteiger partial charge in [-0.2, -0.15) is 15.4 Å². The number of benzene rings is 1. The van der Waals surface area contributed by atoms with Crippen LogP contribution in [-0.4, -0.2) is 26.3 Å². The summed E-state index contributed by atoms with van der Waals surface area (Å²) in [5.74, 6) is -0.254. The summed E-state index contributed by atoms with van der Waals surface area (Å²) >= 11 is 1.60. The smallest absolute Gasteiger partial charge is 0.273 e. The lowest BCUT2D eigenvalue weighted by molar-refractivity contribution is 0.0935. The van der Waals surface area contributed by atoms with Gasteiger partial charge in [-0.25, -0.2) is 4.98 Å². The molecule has 0 saturated heterocycles. The second-order valence-corrected chi connectivity index (χ2v) is 6.42. The van der Waals surface area contributed by atoms with Crippen molar-refractivity contribution in [2.75, 3.05) is 0 Å². The van der Waals surface area contributed by atoms with Crippen molar-refractivity contribution in [3.8, 4) is 10.6 Å². The highest BCUT2D eigenvalue weighted by Crippen LogP contribution is 2.31. The molecule has 0 unspecified atom stereocenters. The Labute approximate surface area is 138 Å². The molecular formula is C16H17N5OS. The van der Waals surface area contributed by atoms with Crippen molar-refractivity contribution in [3.63, 3.8) is 0 Å². The molecule has 0 spiro atoms. The van der Waals surface area contributed by atoms with Crippen LogP contribution >= 0.6 is 11.3 Å². The number of hydrogen-bond donors (Lipinski definition) is 2. The standard InChI is InChI=1S/C16H17N5OS/c1-9-4-6-12(7-5-9)16-19-11(3)14(23-16)10(2)18-15(22)13-8-17-21-20-13/h4-8,10H,1-3H3,(H,18,22)(H,17,20,21)/t10-/m1/s1. The first kappa shape index (κ1) is 15.4. The zero-order valence-electron chi connectivity index (χ0n) is 13.1. The van der Waals surface area contributed by atoms with Gasteiger partial charge < -0.3 is 5.32 Å². The van der Waals surface area contributed by atoms with Crippen LogP contribution in [0, 0.1) is 13.8 Å². The topological polar surface area (TPSA) is 83.6 Å². The van der Waals surface area contributed by atoms with Crippen LogP contribution in [-0.2, 0) is 0 Å². The quantitative estimate of drug-likeness (QED) is 0.771. The molecule has 6 nitrogen and oxygen atoms in total. The van der Waals surface area contributed by atoms with E-state index in [1.165, 1.54) is 11.8 Å². The average molecular weight is 327 g/mol. The van der Waals surface area contributed by atoms with E-state index in [4.69, 9.17) is 0 Å². The van der Waals surface area contributed by atoms with Gasteiger partial charge in [0.05, 0.1) is 22.8 Å². The normalized spacial score (nSPS) is 12.1. The molecular weight excluding hydrogens is 310 g/mol. The highest BCUT2D eigenvalue weighted by Gasteiger charge is 2.19. The van der Waals surface area contributed by atoms with E-state index in [0.717, 1.165) is 21.1 Å². The molecule has 23 heavy (non-hydrogen) atoms. The Hall–Kier alpha value is -2.54. The van der Waals surface area contributed by atoms with Crippen LogP contribution in [0.15, 0.2) is 30.5 Å². The largest absolute Gasteiger partial charge is 0.343 e. The fraction of sp³-hybridized carbons (Fsp3) is 0.250. The van der Waals surface area contributed by atoms with E-state index in [2.05, 4.69) is 56.9 Å². The third-order valence-electron chi connectivity index (χ3n) is 3.52. The minimum atomic E-state index is -0.254. The van der Waals surface area contributed by atoms with Gasteiger partial charge >= 0.3 is 0 Å². The van der Waals surface area contributed by atoms with E-state index in [1.54, 1.807) is 11.3 Å². The predicted octanol–water partition coefficient (Wildman–Crippen LogP) is 3.04. The van der Waals surface area contributed by atoms with Gasteiger partial charge in [0.25, 0.3) is 5.91 Å². The number of carbonyl (C=O) groups is 1. The van der Waals surface area contributed by atoms with Crippen LogP contribution in [0.2, 0.25) is 0 Å². The van der Waals surface area contributed by atoms with Crippen molar-refractivity contribution in [2.45, 2.75) is 26.8 Å². The molecule has 1 aromatic carbocycles. The Balaban J connectivity index is 1.80. The molecule has 2 N–H and O–H groups in total. The van der Waals surface area contributed by atoms with E-state index in [0.29, 0.717) is 0 Å². The predicted molar refractivity (Wildman–Crippen MR) is 89.3 cm³/mol. The lowest BCUT2D eigenvalue weighted by Gasteiger charge is -2.11. The highest BCUT2D eigenvalue weighted by atomic mass is 32.1. The van der Waals surface area contributed by atoms with Crippen molar-refractivity contribution in [2.24, 2.45) is 0 Å². The molecule has 2 heterocycles. The lowest BCUT2D eigenvalue weighted by atomic mass is 10.2. The Morgan fingerprint density at radius 3 is 2.65 bits per heavy atom. The molecule has 0 aliphatic rings. The Morgan fingerprint density at radius 2 is 2.00 bits per heavy atom. The molecule has 0 aliphatic carbocycles. The van der Waals surface area contributed by atoms with Crippen LogP contribution < -0.4 is 5.32 Å². The maximum Gasteiger partial charge on any atom is 0.273 e. The van der Waals surface area contributed by atoms with Crippen molar-refractivity contribution in [1.29, 1.82) is 0 Å². The van der Waals surface area contributed by atoms with Crippen molar-refractivity contribution >= 4 is 17.2 Å². The molecule has 1 atom stereocenters. The van der Waals surface area contributed by atoms with Gasteiger partial charge in [-0.1, -0.05) is 29.8 Å². The molecule has 118 valence electrons. The molecule has 3 aromatic rings. The Bertz CT molecular complexity index is 808. The summed E-state index contributed by atoms with van der Waals surface area (Å²) in [7, 11) is 0. The van der Waals surface area contributed by atoms with Crippen LogP contribution in [0.1, 0.15) is 39.6 Å². The van der Waals surface area contributed by atoms with Gasteiger partial charge in [0.2, 0.25) is 0 Å². The zero-order chi connectivity index (χ0) is 16.4. The second-order valence-electron chi connectivity index (χ2n) is 5.39. The summed E-state index contributed by atoms with van der Waals surface area (Å²) in [4.78, 5) is 17.7. The number of hydrogen-bond acceptors (Lipinski definition) is 5. The first-order valence-corrected chi connectivity index (χ1v) is 8.07. The summed E-state index contributed by atoms with van der Waals surface area (Å²) < 4.78 is 0. The molecule has 0 fully saturated rings. The third kappa shape index (κ3) is 3.29. The summed E-state index contributed by atoms with van der Waals surface area (Å²) in [6, 6.07) is 8.13. The summed E-state index contributed by atoms with van der Waals surface area (Å²) in [6.45, 7) is 5.96. The molecule has 0 saturated carbocycles. The molecule has 2 aromatic heterocycles. The molecule has 0 aliphatic heterocycles. The number of carbonyl (C=O) groups excluding carboxylic acids is 1. The van der Waals surface area contributed by atoms with Gasteiger partial charge in [0, 0.05) is 5.56 Å². The van der Waals surface area contributed by atoms with E-state index in [1.807, 2.05) is 13.8 Å². The zero-order valence-corrected chi connectivity index (χ0v) is 13.9. The fourth-order valence-electron chi connectivity index (χ4n) is 2.28. The van der Waals surface area contributed by atoms with Crippen LogP contribution in [0.3, 0.4) is 0 Å². The number of amides is 1. The van der Waals surface area contributed by atoms with E-state index in [-0.39, 0.29) is 17.6 Å². The van der Waals surface area contributed by atoms with E-state index < -0.39 is 0 Å². The maximum atomic E-state index is 12.1. The molecule has 0 bridgehead atoms. The molecule has 1 amide bonds. The minimum Gasteiger partial charge on any atom is -0.343 e. The number of aromatic amines is 1. The van der Waals surface area contributed by atoms with Crippen LogP contribution in [0.4, 0.5) is 0 Å². The molecule has 7 heteroatoms. The number of aromatic nitrogens is 4. The molecule has 3 rings (SSSR count). The number of thiazole rings is 1. The lowest BCUT2D eigenvalue weighted by Crippen LogP contribution is -2.26. The van der Waals surface area contributed by atoms with Gasteiger partial charge in [-0.15, -0.1) is 11.3 Å². The second kappa shape index (κ2) is 6.29. The number of aryl methyl sites for hydroxylation is 2. The summed E-state index contributed by atoms with van der Waals surface area (Å²) in [5.41, 5.74) is 3.51. The number of rotatable bonds is 4. The van der Waals surface area contributed by atoms with Crippen molar-refractivity contribution in [1.82, 2.24) is 25.7 Å². The first-order valence-electron chi connectivity index (χ1n) is 7.25. The Morgan fingerprint density at radius 1 is 1.26 bits per heavy atom. The Kier molecular flexibility index (Phi) is 4.20. The number of nitrogens with zero attached hydrogens (tertiary/aromatic N) is 3. The third-order valence-corrected chi connectivity index (χ3v) is 4.91. The number of nitrogens with one attached hydrogen (secondary N) is 2. The van der Waals surface area contributed by atoms with Gasteiger partial charge in [0.15, 0.2) is 5.69 Å². The first-order chi connectivity index (χ1) is 11.0. The van der Waals surface area contributed by atoms with Gasteiger partial charge in [-0.05, 0) is 20.8 Å². The van der Waals surface area contributed by atoms with Gasteiger partial charge in [0.1, 0.15) is 5.01 Å². The minimum absolute atomic E-state index is 0.143. The van der Waals surface area contributed by atoms with Crippen molar-refractivity contribution in [3.05, 3.63) is 52.3 Å². The summed E-state index contributed by atoms with van der Waals surface area (Å²) in [6.07, 6.45) is 1.40. The molecule has 0 radical (unpaired) electrons. The monoisotopic (exact) mass is 327 g/mol. The van der Waals surface area contributed by atoms with Crippen molar-refractivity contribution < 1.29 is 4.79 Å². The average Bonchev–Trinajstić information content (AvgIpc) is 3.17. The van der Waals surface area contributed by atoms with Gasteiger partial charge in [-0.3, -0.25) is 4.79 Å². The van der Waals surface area contributed by atoms with Crippen LogP contribution in [0.5, 0.6) is 0 Å². The fourth-order valence-corrected chi connectivity index (χ4v) is 3.35. The SMILES string of the molecule is Cc1ccc(-c2nc(C)c([C@@H](C)NC(=O)c3cn[nH]n3)s2)cc1. The van der Waals surface area contributed by atoms with Crippen LogP contribution in [0.25, 0.3) is 10.6 Å². The van der Waals surface area contributed by atoms with E-state index in [9.17, 15) is 4.79 Å². The summed E-state index contributed by atoms with van der Waals surface area (Å²) in [5, 5.41) is 13.7. The van der Waals surface area contributed by atoms with E-state index >= 15 is 0 Å². The maximum absolute atomic E-state index is 12.1. The highest BCUT2D eigenvalue weighted by molar-refractivity contribution is 7.15.